The van der Waals surface area contributed by atoms with E-state index < -0.39 is 0 Å². The van der Waals surface area contributed by atoms with Gasteiger partial charge in [-0.3, -0.25) is 9.59 Å². The molecule has 0 spiro atoms. The normalized spacial score (nSPS) is 15.2. The number of nitrogens with zero attached hydrogens (tertiary/aromatic N) is 1. The van der Waals surface area contributed by atoms with Crippen LogP contribution in [0.15, 0.2) is 53.5 Å². The third-order valence-corrected chi connectivity index (χ3v) is 5.21. The Kier molecular flexibility index (Phi) is 4.96. The average Bonchev–Trinajstić information content (AvgIpc) is 3.37. The smallest absolute Gasteiger partial charge is 0.257 e. The van der Waals surface area contributed by atoms with Gasteiger partial charge in [-0.15, -0.1) is 0 Å². The van der Waals surface area contributed by atoms with E-state index in [0.29, 0.717) is 31.5 Å². The van der Waals surface area contributed by atoms with Crippen LogP contribution >= 0.6 is 0 Å². The van der Waals surface area contributed by atoms with Crippen molar-refractivity contribution in [3.8, 4) is 0 Å². The molecule has 1 aromatic carbocycles. The predicted octanol–water partition coefficient (Wildman–Crippen LogP) is 3.11. The third kappa shape index (κ3) is 3.89. The number of fused-ring (bicyclic) bond motifs is 1. The summed E-state index contributed by atoms with van der Waals surface area (Å²) in [7, 11) is 0. The van der Waals surface area contributed by atoms with E-state index >= 15 is 0 Å². The summed E-state index contributed by atoms with van der Waals surface area (Å²) in [4.78, 5) is 29.7. The number of amides is 2. The molecule has 4 rings (SSSR count). The van der Waals surface area contributed by atoms with Crippen LogP contribution in [0.1, 0.15) is 35.2 Å². The van der Waals surface area contributed by atoms with Crippen molar-refractivity contribution in [3.05, 3.63) is 60.2 Å². The van der Waals surface area contributed by atoms with Crippen molar-refractivity contribution in [1.29, 1.82) is 0 Å². The van der Waals surface area contributed by atoms with Gasteiger partial charge in [-0.1, -0.05) is 18.2 Å². The van der Waals surface area contributed by atoms with Crippen LogP contribution < -0.4 is 5.32 Å². The third-order valence-electron chi connectivity index (χ3n) is 5.21. The zero-order chi connectivity index (χ0) is 18.6. The molecule has 140 valence electrons. The first kappa shape index (κ1) is 17.4. The molecule has 0 atom stereocenters. The van der Waals surface area contributed by atoms with Gasteiger partial charge in [0, 0.05) is 42.7 Å². The summed E-state index contributed by atoms with van der Waals surface area (Å²) in [5.74, 6) is 0.0627. The average molecular weight is 365 g/mol. The molecule has 3 aromatic rings. The van der Waals surface area contributed by atoms with E-state index in [-0.39, 0.29) is 17.9 Å². The zero-order valence-corrected chi connectivity index (χ0v) is 15.1. The molecular formula is C21H23N3O3. The van der Waals surface area contributed by atoms with Crippen LogP contribution in [0, 0.1) is 0 Å². The molecule has 1 saturated heterocycles. The molecule has 0 unspecified atom stereocenters. The van der Waals surface area contributed by atoms with E-state index in [9.17, 15) is 9.59 Å². The van der Waals surface area contributed by atoms with Crippen molar-refractivity contribution in [1.82, 2.24) is 15.2 Å². The number of aromatic nitrogens is 1. The number of hydrogen-bond donors (Lipinski definition) is 2. The van der Waals surface area contributed by atoms with Gasteiger partial charge in [0.2, 0.25) is 5.91 Å². The fourth-order valence-electron chi connectivity index (χ4n) is 3.68. The number of carbonyl (C=O) groups is 2. The van der Waals surface area contributed by atoms with E-state index in [0.717, 1.165) is 18.4 Å². The number of aryl methyl sites for hydroxylation is 1. The molecular weight excluding hydrogens is 342 g/mol. The Morgan fingerprint density at radius 2 is 2.00 bits per heavy atom. The summed E-state index contributed by atoms with van der Waals surface area (Å²) in [6.45, 7) is 1.30. The molecule has 0 saturated carbocycles. The molecule has 1 fully saturated rings. The van der Waals surface area contributed by atoms with Gasteiger partial charge in [0.05, 0.1) is 11.8 Å². The number of carbonyl (C=O) groups excluding carboxylic acids is 2. The van der Waals surface area contributed by atoms with Crippen molar-refractivity contribution in [2.24, 2.45) is 0 Å². The molecule has 27 heavy (non-hydrogen) atoms. The molecule has 2 amide bonds. The second-order valence-electron chi connectivity index (χ2n) is 7.01. The lowest BCUT2D eigenvalue weighted by molar-refractivity contribution is -0.122. The molecule has 2 aromatic heterocycles. The summed E-state index contributed by atoms with van der Waals surface area (Å²) < 4.78 is 4.98. The quantitative estimate of drug-likeness (QED) is 0.729. The van der Waals surface area contributed by atoms with E-state index in [2.05, 4.69) is 16.4 Å². The first-order valence-corrected chi connectivity index (χ1v) is 9.36. The Labute approximate surface area is 157 Å². The highest BCUT2D eigenvalue weighted by Crippen LogP contribution is 2.19. The Hall–Kier alpha value is -3.02. The van der Waals surface area contributed by atoms with Crippen LogP contribution in [0.5, 0.6) is 0 Å². The lowest BCUT2D eigenvalue weighted by Crippen LogP contribution is -2.46. The Balaban J connectivity index is 1.24. The number of para-hydroxylation sites is 1. The molecule has 1 aliphatic heterocycles. The maximum Gasteiger partial charge on any atom is 0.257 e. The molecule has 0 aliphatic carbocycles. The van der Waals surface area contributed by atoms with Gasteiger partial charge in [0.25, 0.3) is 5.91 Å². The molecule has 6 nitrogen and oxygen atoms in total. The molecule has 1 aliphatic rings. The van der Waals surface area contributed by atoms with Gasteiger partial charge in [0.1, 0.15) is 6.26 Å². The van der Waals surface area contributed by atoms with Gasteiger partial charge in [-0.2, -0.15) is 0 Å². The van der Waals surface area contributed by atoms with Crippen molar-refractivity contribution in [3.63, 3.8) is 0 Å². The fourth-order valence-corrected chi connectivity index (χ4v) is 3.68. The topological polar surface area (TPSA) is 78.3 Å². The van der Waals surface area contributed by atoms with E-state index in [4.69, 9.17) is 4.42 Å². The molecule has 2 N–H and O–H groups in total. The fraction of sp³-hybridized carbons (Fsp3) is 0.333. The van der Waals surface area contributed by atoms with Crippen LogP contribution in [0.3, 0.4) is 0 Å². The summed E-state index contributed by atoms with van der Waals surface area (Å²) in [6.07, 6.45) is 7.71. The standard InChI is InChI=1S/C21H23N3O3/c25-20(6-5-15-13-22-19-4-2-1-3-18(15)19)23-17-7-10-24(11-8-17)21(26)16-9-12-27-14-16/h1-4,9,12-14,17,22H,5-8,10-11H2,(H,23,25). The number of H-pyrrole nitrogens is 1. The number of rotatable bonds is 5. The number of piperidine rings is 1. The minimum atomic E-state index is -0.00661. The number of likely N-dealkylation sites (tertiary alicyclic amines) is 1. The second-order valence-corrected chi connectivity index (χ2v) is 7.01. The number of aromatic amines is 1. The number of nitrogens with one attached hydrogen (secondary N) is 2. The summed E-state index contributed by atoms with van der Waals surface area (Å²) in [5, 5.41) is 4.30. The van der Waals surface area contributed by atoms with Crippen molar-refractivity contribution in [2.75, 3.05) is 13.1 Å². The van der Waals surface area contributed by atoms with Crippen molar-refractivity contribution >= 4 is 22.7 Å². The highest BCUT2D eigenvalue weighted by atomic mass is 16.3. The highest BCUT2D eigenvalue weighted by molar-refractivity contribution is 5.93. The summed E-state index contributed by atoms with van der Waals surface area (Å²) in [5.41, 5.74) is 2.85. The predicted molar refractivity (Wildman–Crippen MR) is 102 cm³/mol. The van der Waals surface area contributed by atoms with Crippen LogP contribution in [0.25, 0.3) is 10.9 Å². The SMILES string of the molecule is O=C(CCc1c[nH]c2ccccc12)NC1CCN(C(=O)c2ccoc2)CC1. The Bertz CT molecular complexity index is 921. The molecule has 0 radical (unpaired) electrons. The Morgan fingerprint density at radius 1 is 1.19 bits per heavy atom. The van der Waals surface area contributed by atoms with Crippen LogP contribution in [-0.2, 0) is 11.2 Å². The van der Waals surface area contributed by atoms with Gasteiger partial charge in [0.15, 0.2) is 0 Å². The van der Waals surface area contributed by atoms with E-state index in [1.807, 2.05) is 29.3 Å². The van der Waals surface area contributed by atoms with Crippen LogP contribution in [0.2, 0.25) is 0 Å². The maximum absolute atomic E-state index is 12.3. The maximum atomic E-state index is 12.3. The first-order chi connectivity index (χ1) is 13.2. The van der Waals surface area contributed by atoms with E-state index in [1.165, 1.54) is 23.5 Å². The molecule has 0 bridgehead atoms. The minimum Gasteiger partial charge on any atom is -0.472 e. The Morgan fingerprint density at radius 3 is 2.78 bits per heavy atom. The van der Waals surface area contributed by atoms with Gasteiger partial charge < -0.3 is 19.6 Å². The van der Waals surface area contributed by atoms with Crippen molar-refractivity contribution in [2.45, 2.75) is 31.7 Å². The molecule has 6 heteroatoms. The van der Waals surface area contributed by atoms with Crippen LogP contribution in [0.4, 0.5) is 0 Å². The van der Waals surface area contributed by atoms with Gasteiger partial charge >= 0.3 is 0 Å². The second kappa shape index (κ2) is 7.70. The van der Waals surface area contributed by atoms with Crippen molar-refractivity contribution < 1.29 is 14.0 Å². The zero-order valence-electron chi connectivity index (χ0n) is 15.1. The number of furan rings is 1. The minimum absolute atomic E-state index is 0.00661. The van der Waals surface area contributed by atoms with E-state index in [1.54, 1.807) is 6.07 Å². The van der Waals surface area contributed by atoms with Gasteiger partial charge in [-0.25, -0.2) is 0 Å². The first-order valence-electron chi connectivity index (χ1n) is 9.36. The highest BCUT2D eigenvalue weighted by Gasteiger charge is 2.25. The number of hydrogen-bond acceptors (Lipinski definition) is 3. The number of benzene rings is 1. The summed E-state index contributed by atoms with van der Waals surface area (Å²) >= 11 is 0. The lowest BCUT2D eigenvalue weighted by atomic mass is 10.0. The molecule has 3 heterocycles. The van der Waals surface area contributed by atoms with Gasteiger partial charge in [-0.05, 0) is 37.0 Å². The van der Waals surface area contributed by atoms with Crippen LogP contribution in [-0.4, -0.2) is 40.8 Å². The monoisotopic (exact) mass is 365 g/mol. The largest absolute Gasteiger partial charge is 0.472 e. The lowest BCUT2D eigenvalue weighted by Gasteiger charge is -2.32. The summed E-state index contributed by atoms with van der Waals surface area (Å²) in [6, 6.07) is 9.94.